The molecule has 2 nitrogen and oxygen atoms in total. The number of aryl methyl sites for hydroxylation is 1. The van der Waals surface area contributed by atoms with Crippen molar-refractivity contribution in [3.63, 3.8) is 0 Å². The molecule has 1 N–H and O–H groups in total. The molecular formula is C14H24N2S. The standard InChI is InChI=1S/C14H24N2S/c1-10-5-6-13(17-10)9-16-8-7-14(15-4)11(2)12(16)3/h5-6,11-12,14-15H,7-9H2,1-4H3. The number of hydrogen-bond donors (Lipinski definition) is 1. The summed E-state index contributed by atoms with van der Waals surface area (Å²) in [7, 11) is 2.09. The Morgan fingerprint density at radius 3 is 2.76 bits per heavy atom. The minimum atomic E-state index is 0.670. The van der Waals surface area contributed by atoms with Crippen molar-refractivity contribution < 1.29 is 0 Å². The molecule has 96 valence electrons. The topological polar surface area (TPSA) is 15.3 Å². The molecular weight excluding hydrogens is 228 g/mol. The summed E-state index contributed by atoms with van der Waals surface area (Å²) in [6.07, 6.45) is 1.27. The molecule has 2 rings (SSSR count). The van der Waals surface area contributed by atoms with Gasteiger partial charge in [-0.2, -0.15) is 0 Å². The van der Waals surface area contributed by atoms with Crippen LogP contribution in [0.15, 0.2) is 12.1 Å². The van der Waals surface area contributed by atoms with Crippen molar-refractivity contribution in [2.75, 3.05) is 13.6 Å². The van der Waals surface area contributed by atoms with Gasteiger partial charge in [-0.15, -0.1) is 11.3 Å². The minimum absolute atomic E-state index is 0.670. The predicted octanol–water partition coefficient (Wildman–Crippen LogP) is 2.87. The predicted molar refractivity (Wildman–Crippen MR) is 75.6 cm³/mol. The molecule has 1 saturated heterocycles. The Morgan fingerprint density at radius 1 is 1.41 bits per heavy atom. The Balaban J connectivity index is 1.98. The van der Waals surface area contributed by atoms with Gasteiger partial charge in [0.25, 0.3) is 0 Å². The van der Waals surface area contributed by atoms with Crippen LogP contribution in [0, 0.1) is 12.8 Å². The quantitative estimate of drug-likeness (QED) is 0.890. The fourth-order valence-electron chi connectivity index (χ4n) is 2.84. The maximum atomic E-state index is 3.45. The largest absolute Gasteiger partial charge is 0.317 e. The van der Waals surface area contributed by atoms with Gasteiger partial charge in [-0.3, -0.25) is 4.90 Å². The zero-order chi connectivity index (χ0) is 12.4. The van der Waals surface area contributed by atoms with Gasteiger partial charge in [-0.25, -0.2) is 0 Å². The van der Waals surface area contributed by atoms with Crippen molar-refractivity contribution in [2.24, 2.45) is 5.92 Å². The first kappa shape index (κ1) is 13.1. The molecule has 0 aliphatic carbocycles. The highest BCUT2D eigenvalue weighted by Crippen LogP contribution is 2.26. The number of nitrogens with zero attached hydrogens (tertiary/aromatic N) is 1. The van der Waals surface area contributed by atoms with E-state index in [1.165, 1.54) is 22.7 Å². The van der Waals surface area contributed by atoms with Crippen LogP contribution in [0.4, 0.5) is 0 Å². The monoisotopic (exact) mass is 252 g/mol. The number of thiophene rings is 1. The van der Waals surface area contributed by atoms with Crippen LogP contribution in [0.5, 0.6) is 0 Å². The van der Waals surface area contributed by atoms with Crippen LogP contribution in [-0.4, -0.2) is 30.6 Å². The van der Waals surface area contributed by atoms with Crippen LogP contribution in [0.3, 0.4) is 0 Å². The lowest BCUT2D eigenvalue weighted by Gasteiger charge is -2.42. The lowest BCUT2D eigenvalue weighted by molar-refractivity contribution is 0.0820. The van der Waals surface area contributed by atoms with E-state index in [1.807, 2.05) is 11.3 Å². The van der Waals surface area contributed by atoms with Gasteiger partial charge in [0.15, 0.2) is 0 Å². The van der Waals surface area contributed by atoms with E-state index >= 15 is 0 Å². The molecule has 1 fully saturated rings. The molecule has 17 heavy (non-hydrogen) atoms. The molecule has 0 saturated carbocycles. The van der Waals surface area contributed by atoms with Crippen molar-refractivity contribution in [3.8, 4) is 0 Å². The Hall–Kier alpha value is -0.380. The van der Waals surface area contributed by atoms with E-state index in [2.05, 4.69) is 50.2 Å². The smallest absolute Gasteiger partial charge is 0.0330 e. The maximum Gasteiger partial charge on any atom is 0.0330 e. The zero-order valence-corrected chi connectivity index (χ0v) is 12.2. The van der Waals surface area contributed by atoms with Crippen LogP contribution in [0.1, 0.15) is 30.0 Å². The van der Waals surface area contributed by atoms with E-state index < -0.39 is 0 Å². The minimum Gasteiger partial charge on any atom is -0.317 e. The molecule has 1 aromatic rings. The van der Waals surface area contributed by atoms with Gasteiger partial charge >= 0.3 is 0 Å². The highest BCUT2D eigenvalue weighted by Gasteiger charge is 2.31. The Bertz CT molecular complexity index is 361. The second-order valence-electron chi connectivity index (χ2n) is 5.27. The Kier molecular flexibility index (Phi) is 4.23. The van der Waals surface area contributed by atoms with Crippen LogP contribution in [-0.2, 0) is 6.54 Å². The van der Waals surface area contributed by atoms with Crippen molar-refractivity contribution in [2.45, 2.75) is 45.8 Å². The Morgan fingerprint density at radius 2 is 2.18 bits per heavy atom. The van der Waals surface area contributed by atoms with Crippen molar-refractivity contribution in [1.82, 2.24) is 10.2 Å². The lowest BCUT2D eigenvalue weighted by atomic mass is 9.87. The summed E-state index contributed by atoms with van der Waals surface area (Å²) in [6, 6.07) is 5.87. The number of nitrogens with one attached hydrogen (secondary N) is 1. The molecule has 1 aliphatic rings. The normalized spacial score (nSPS) is 30.7. The highest BCUT2D eigenvalue weighted by molar-refractivity contribution is 7.11. The third-order valence-corrected chi connectivity index (χ3v) is 5.21. The van der Waals surface area contributed by atoms with Gasteiger partial charge < -0.3 is 5.32 Å². The molecule has 3 heteroatoms. The van der Waals surface area contributed by atoms with E-state index in [0.717, 1.165) is 12.5 Å². The maximum absolute atomic E-state index is 3.45. The molecule has 1 aliphatic heterocycles. The zero-order valence-electron chi connectivity index (χ0n) is 11.4. The second kappa shape index (κ2) is 5.51. The number of piperidine rings is 1. The van der Waals surface area contributed by atoms with E-state index in [9.17, 15) is 0 Å². The SMILES string of the molecule is CNC1CCN(Cc2ccc(C)s2)C(C)C1C. The molecule has 3 unspecified atom stereocenters. The van der Waals surface area contributed by atoms with E-state index in [0.29, 0.717) is 12.1 Å². The lowest BCUT2D eigenvalue weighted by Crippen LogP contribution is -2.52. The summed E-state index contributed by atoms with van der Waals surface area (Å²) in [5.74, 6) is 0.731. The third-order valence-electron chi connectivity index (χ3n) is 4.22. The summed E-state index contributed by atoms with van der Waals surface area (Å²) < 4.78 is 0. The molecule has 3 atom stereocenters. The average molecular weight is 252 g/mol. The third kappa shape index (κ3) is 2.90. The van der Waals surface area contributed by atoms with Gasteiger partial charge in [-0.1, -0.05) is 6.92 Å². The van der Waals surface area contributed by atoms with Gasteiger partial charge in [0.1, 0.15) is 0 Å². The molecule has 0 radical (unpaired) electrons. The number of hydrogen-bond acceptors (Lipinski definition) is 3. The number of rotatable bonds is 3. The van der Waals surface area contributed by atoms with E-state index in [-0.39, 0.29) is 0 Å². The van der Waals surface area contributed by atoms with Gasteiger partial charge in [0, 0.05) is 34.9 Å². The Labute approximate surface area is 109 Å². The molecule has 1 aromatic heterocycles. The molecule has 0 amide bonds. The van der Waals surface area contributed by atoms with Crippen LogP contribution < -0.4 is 5.32 Å². The van der Waals surface area contributed by atoms with Gasteiger partial charge in [-0.05, 0) is 45.4 Å². The van der Waals surface area contributed by atoms with Crippen molar-refractivity contribution >= 4 is 11.3 Å². The summed E-state index contributed by atoms with van der Waals surface area (Å²) >= 11 is 1.93. The van der Waals surface area contributed by atoms with Crippen LogP contribution in [0.2, 0.25) is 0 Å². The van der Waals surface area contributed by atoms with Crippen molar-refractivity contribution in [3.05, 3.63) is 21.9 Å². The van der Waals surface area contributed by atoms with Gasteiger partial charge in [0.05, 0.1) is 0 Å². The highest BCUT2D eigenvalue weighted by atomic mass is 32.1. The van der Waals surface area contributed by atoms with E-state index in [4.69, 9.17) is 0 Å². The van der Waals surface area contributed by atoms with Crippen molar-refractivity contribution in [1.29, 1.82) is 0 Å². The van der Waals surface area contributed by atoms with Crippen LogP contribution in [0.25, 0.3) is 0 Å². The number of likely N-dealkylation sites (tertiary alicyclic amines) is 1. The van der Waals surface area contributed by atoms with Crippen LogP contribution >= 0.6 is 11.3 Å². The molecule has 0 aromatic carbocycles. The fraction of sp³-hybridized carbons (Fsp3) is 0.714. The second-order valence-corrected chi connectivity index (χ2v) is 6.64. The average Bonchev–Trinajstić information content (AvgIpc) is 2.71. The van der Waals surface area contributed by atoms with E-state index in [1.54, 1.807) is 0 Å². The summed E-state index contributed by atoms with van der Waals surface area (Å²) in [5.41, 5.74) is 0. The summed E-state index contributed by atoms with van der Waals surface area (Å²) in [5, 5.41) is 3.45. The van der Waals surface area contributed by atoms with Gasteiger partial charge in [0.2, 0.25) is 0 Å². The summed E-state index contributed by atoms with van der Waals surface area (Å²) in [6.45, 7) is 9.27. The first-order valence-electron chi connectivity index (χ1n) is 6.58. The first-order valence-corrected chi connectivity index (χ1v) is 7.40. The fourth-order valence-corrected chi connectivity index (χ4v) is 3.76. The summed E-state index contributed by atoms with van der Waals surface area (Å²) in [4.78, 5) is 5.55. The first-order chi connectivity index (χ1) is 8.11. The molecule has 0 spiro atoms. The molecule has 0 bridgehead atoms. The molecule has 2 heterocycles.